The highest BCUT2D eigenvalue weighted by Gasteiger charge is 2.18. The van der Waals surface area contributed by atoms with E-state index >= 15 is 0 Å². The molecular weight excluding hydrogens is 717 g/mol. The number of hydrogen-bond donors (Lipinski definition) is 0. The van der Waals surface area contributed by atoms with E-state index in [0.29, 0.717) is 0 Å². The van der Waals surface area contributed by atoms with Gasteiger partial charge in [-0.15, -0.1) is 0 Å². The van der Waals surface area contributed by atoms with Crippen molar-refractivity contribution in [3.8, 4) is 45.0 Å². The molecule has 9 aromatic carbocycles. The predicted molar refractivity (Wildman–Crippen MR) is 246 cm³/mol. The van der Waals surface area contributed by atoms with Crippen molar-refractivity contribution in [2.24, 2.45) is 0 Å². The number of nitrogens with zero attached hydrogens (tertiary/aromatic N) is 4. The molecule has 0 amide bonds. The Morgan fingerprint density at radius 2 is 0.780 bits per heavy atom. The smallest absolute Gasteiger partial charge is 0.145 e. The second-order valence-electron chi connectivity index (χ2n) is 14.9. The van der Waals surface area contributed by atoms with Crippen molar-refractivity contribution in [3.05, 3.63) is 231 Å². The Hall–Kier alpha value is -7.95. The lowest BCUT2D eigenvalue weighted by molar-refractivity contribution is 1.10. The number of hydrogen-bond acceptors (Lipinski definition) is 2. The van der Waals surface area contributed by atoms with Crippen LogP contribution in [0.15, 0.2) is 231 Å². The number of benzene rings is 9. The van der Waals surface area contributed by atoms with Crippen molar-refractivity contribution in [2.75, 3.05) is 4.90 Å². The van der Waals surface area contributed by atoms with Gasteiger partial charge in [-0.3, -0.25) is 4.57 Å². The number of para-hydroxylation sites is 5. The summed E-state index contributed by atoms with van der Waals surface area (Å²) in [7, 11) is 0. The highest BCUT2D eigenvalue weighted by atomic mass is 15.1. The molecule has 0 N–H and O–H groups in total. The minimum absolute atomic E-state index is 0.916. The normalized spacial score (nSPS) is 11.4. The Bertz CT molecular complexity index is 3220. The zero-order chi connectivity index (χ0) is 39.1. The quantitative estimate of drug-likeness (QED) is 0.154. The number of rotatable bonds is 8. The summed E-state index contributed by atoms with van der Waals surface area (Å²) in [5, 5.41) is 2.47. The van der Waals surface area contributed by atoms with Gasteiger partial charge in [-0.05, 0) is 125 Å². The van der Waals surface area contributed by atoms with E-state index in [-0.39, 0.29) is 0 Å². The lowest BCUT2D eigenvalue weighted by atomic mass is 9.99. The van der Waals surface area contributed by atoms with Gasteiger partial charge in [0.25, 0.3) is 0 Å². The molecule has 0 saturated heterocycles. The Morgan fingerprint density at radius 1 is 0.305 bits per heavy atom. The molecule has 0 aliphatic rings. The van der Waals surface area contributed by atoms with Crippen LogP contribution in [0.1, 0.15) is 0 Å². The van der Waals surface area contributed by atoms with Crippen LogP contribution in [0.25, 0.3) is 77.9 Å². The monoisotopic (exact) mass is 754 g/mol. The fourth-order valence-electron chi connectivity index (χ4n) is 8.51. The molecule has 0 saturated carbocycles. The predicted octanol–water partition coefficient (Wildman–Crippen LogP) is 14.6. The molecule has 4 heteroatoms. The third-order valence-corrected chi connectivity index (χ3v) is 11.3. The van der Waals surface area contributed by atoms with Gasteiger partial charge in [0.05, 0.1) is 22.1 Å². The molecule has 2 aromatic heterocycles. The lowest BCUT2D eigenvalue weighted by Crippen LogP contribution is -2.10. The van der Waals surface area contributed by atoms with Gasteiger partial charge in [-0.2, -0.15) is 0 Å². The Labute approximate surface area is 343 Å². The summed E-state index contributed by atoms with van der Waals surface area (Å²) in [4.78, 5) is 7.42. The van der Waals surface area contributed by atoms with Gasteiger partial charge in [0.2, 0.25) is 0 Å². The second-order valence-corrected chi connectivity index (χ2v) is 14.9. The van der Waals surface area contributed by atoms with Crippen molar-refractivity contribution in [1.29, 1.82) is 0 Å². The summed E-state index contributed by atoms with van der Waals surface area (Å²) in [5.74, 6) is 0.916. The van der Waals surface area contributed by atoms with E-state index in [1.165, 1.54) is 44.1 Å². The maximum atomic E-state index is 5.11. The fourth-order valence-corrected chi connectivity index (χ4v) is 8.51. The summed E-state index contributed by atoms with van der Waals surface area (Å²) >= 11 is 0. The second kappa shape index (κ2) is 14.5. The average molecular weight is 755 g/mol. The van der Waals surface area contributed by atoms with Crippen molar-refractivity contribution < 1.29 is 0 Å². The molecule has 4 nitrogen and oxygen atoms in total. The van der Waals surface area contributed by atoms with Crippen LogP contribution in [0, 0.1) is 0 Å². The number of imidazole rings is 1. The molecule has 2 heterocycles. The summed E-state index contributed by atoms with van der Waals surface area (Å²) in [5.41, 5.74) is 15.8. The first-order valence-electron chi connectivity index (χ1n) is 20.0. The van der Waals surface area contributed by atoms with E-state index in [4.69, 9.17) is 4.98 Å². The highest BCUT2D eigenvalue weighted by Crippen LogP contribution is 2.39. The van der Waals surface area contributed by atoms with Crippen LogP contribution < -0.4 is 4.90 Å². The molecule has 0 aliphatic carbocycles. The maximum absolute atomic E-state index is 5.11. The SMILES string of the molecule is c1ccc(-c2ccc(-c3ccc4c(c3)c3ccccc3n4-c3ccc(N(c4ccccc4)c4ccc(-c5nc6ccccc6n5-c5ccccc5)cc4)cc3)cc2)cc1. The molecular formula is C55H38N4. The van der Waals surface area contributed by atoms with Gasteiger partial charge in [-0.25, -0.2) is 4.98 Å². The first kappa shape index (κ1) is 34.3. The highest BCUT2D eigenvalue weighted by molar-refractivity contribution is 6.10. The molecule has 0 spiro atoms. The zero-order valence-corrected chi connectivity index (χ0v) is 32.2. The molecule has 0 bridgehead atoms. The van der Waals surface area contributed by atoms with Gasteiger partial charge in [0.1, 0.15) is 5.82 Å². The minimum atomic E-state index is 0.916. The molecule has 0 fully saturated rings. The topological polar surface area (TPSA) is 26.0 Å². The van der Waals surface area contributed by atoms with E-state index in [0.717, 1.165) is 50.9 Å². The van der Waals surface area contributed by atoms with Crippen molar-refractivity contribution >= 4 is 49.9 Å². The number of anilines is 3. The van der Waals surface area contributed by atoms with E-state index in [9.17, 15) is 0 Å². The Kier molecular flexibility index (Phi) is 8.45. The van der Waals surface area contributed by atoms with Crippen LogP contribution in [-0.4, -0.2) is 14.1 Å². The van der Waals surface area contributed by atoms with Gasteiger partial charge >= 0.3 is 0 Å². The average Bonchev–Trinajstić information content (AvgIpc) is 3.87. The molecule has 11 rings (SSSR count). The number of aromatic nitrogens is 3. The molecule has 0 radical (unpaired) electrons. The summed E-state index contributed by atoms with van der Waals surface area (Å²) in [6.07, 6.45) is 0. The van der Waals surface area contributed by atoms with E-state index < -0.39 is 0 Å². The van der Waals surface area contributed by atoms with Gasteiger partial charge in [0, 0.05) is 44.8 Å². The van der Waals surface area contributed by atoms with Crippen LogP contribution in [0.4, 0.5) is 17.1 Å². The van der Waals surface area contributed by atoms with Crippen LogP contribution >= 0.6 is 0 Å². The maximum Gasteiger partial charge on any atom is 0.145 e. The van der Waals surface area contributed by atoms with Crippen LogP contribution in [-0.2, 0) is 0 Å². The van der Waals surface area contributed by atoms with Crippen LogP contribution in [0.5, 0.6) is 0 Å². The third-order valence-electron chi connectivity index (χ3n) is 11.3. The fraction of sp³-hybridized carbons (Fsp3) is 0. The Morgan fingerprint density at radius 3 is 1.49 bits per heavy atom. The molecule has 0 unspecified atom stereocenters. The van der Waals surface area contributed by atoms with E-state index in [1.807, 2.05) is 12.1 Å². The molecule has 0 atom stereocenters. The lowest BCUT2D eigenvalue weighted by Gasteiger charge is -2.26. The van der Waals surface area contributed by atoms with Gasteiger partial charge in [-0.1, -0.05) is 127 Å². The van der Waals surface area contributed by atoms with Gasteiger partial charge in [0.15, 0.2) is 0 Å². The first-order chi connectivity index (χ1) is 29.3. The van der Waals surface area contributed by atoms with E-state index in [1.54, 1.807) is 0 Å². The van der Waals surface area contributed by atoms with Crippen LogP contribution in [0.2, 0.25) is 0 Å². The van der Waals surface area contributed by atoms with Gasteiger partial charge < -0.3 is 9.47 Å². The molecule has 0 aliphatic heterocycles. The Balaban J connectivity index is 0.955. The third kappa shape index (κ3) is 6.15. The van der Waals surface area contributed by atoms with E-state index in [2.05, 4.69) is 232 Å². The standard InChI is InChI=1S/C55H38N4/c1-4-14-39(15-5-1)40-24-26-41(27-25-40)43-30-37-53-50(38-43)49-20-10-12-22-52(49)58(53)48-35-33-47(34-36-48)57(44-16-6-2-7-17-44)46-31-28-42(29-32-46)55-56-51-21-11-13-23-54(51)59(55)45-18-8-3-9-19-45/h1-38H. The summed E-state index contributed by atoms with van der Waals surface area (Å²) in [6.45, 7) is 0. The molecule has 278 valence electrons. The summed E-state index contributed by atoms with van der Waals surface area (Å²) in [6, 6.07) is 82.1. The minimum Gasteiger partial charge on any atom is -0.311 e. The van der Waals surface area contributed by atoms with Crippen molar-refractivity contribution in [3.63, 3.8) is 0 Å². The van der Waals surface area contributed by atoms with Crippen LogP contribution in [0.3, 0.4) is 0 Å². The largest absolute Gasteiger partial charge is 0.311 e. The zero-order valence-electron chi connectivity index (χ0n) is 32.2. The van der Waals surface area contributed by atoms with Crippen molar-refractivity contribution in [1.82, 2.24) is 14.1 Å². The number of fused-ring (bicyclic) bond motifs is 4. The first-order valence-corrected chi connectivity index (χ1v) is 20.0. The van der Waals surface area contributed by atoms with Crippen molar-refractivity contribution in [2.45, 2.75) is 0 Å². The molecule has 11 aromatic rings. The summed E-state index contributed by atoms with van der Waals surface area (Å²) < 4.78 is 4.63. The molecule has 59 heavy (non-hydrogen) atoms.